The van der Waals surface area contributed by atoms with E-state index in [1.54, 1.807) is 0 Å². The zero-order valence-electron chi connectivity index (χ0n) is 6.43. The van der Waals surface area contributed by atoms with E-state index in [2.05, 4.69) is 0 Å². The van der Waals surface area contributed by atoms with Crippen LogP contribution < -0.4 is 0 Å². The summed E-state index contributed by atoms with van der Waals surface area (Å²) in [6, 6.07) is 0. The molecule has 11 heavy (non-hydrogen) atoms. The van der Waals surface area contributed by atoms with Gasteiger partial charge < -0.3 is 24.4 Å². The third-order valence-electron chi connectivity index (χ3n) is 1.64. The molecule has 1 fully saturated rings. The Morgan fingerprint density at radius 3 is 1.55 bits per heavy atom. The fourth-order valence-corrected chi connectivity index (χ4v) is 1.01. The molecule has 2 N–H and O–H groups in total. The minimum atomic E-state index is -1.04. The molecular formula is C6H12O5. The Morgan fingerprint density at radius 2 is 1.36 bits per heavy atom. The smallest absolute Gasteiger partial charge is 0.189 e. The van der Waals surface area contributed by atoms with Crippen molar-refractivity contribution in [2.75, 3.05) is 14.2 Å². The summed E-state index contributed by atoms with van der Waals surface area (Å²) < 4.78 is 14.4. The van der Waals surface area contributed by atoms with Gasteiger partial charge in [-0.1, -0.05) is 0 Å². The Balaban J connectivity index is 2.53. The van der Waals surface area contributed by atoms with Crippen LogP contribution in [0, 0.1) is 0 Å². The van der Waals surface area contributed by atoms with E-state index in [-0.39, 0.29) is 0 Å². The zero-order chi connectivity index (χ0) is 8.43. The van der Waals surface area contributed by atoms with Gasteiger partial charge in [-0.25, -0.2) is 0 Å². The topological polar surface area (TPSA) is 68.2 Å². The largest absolute Gasteiger partial charge is 0.385 e. The predicted octanol–water partition coefficient (Wildman–Crippen LogP) is -1.32. The summed E-state index contributed by atoms with van der Waals surface area (Å²) in [5, 5.41) is 18.4. The molecule has 0 aromatic rings. The van der Waals surface area contributed by atoms with Gasteiger partial charge in [0, 0.05) is 14.2 Å². The highest BCUT2D eigenvalue weighted by molar-refractivity contribution is 4.81. The van der Waals surface area contributed by atoms with Gasteiger partial charge >= 0.3 is 0 Å². The maximum absolute atomic E-state index is 9.18. The number of aliphatic hydroxyl groups is 2. The Bertz CT molecular complexity index is 110. The van der Waals surface area contributed by atoms with E-state index in [0.717, 1.165) is 0 Å². The van der Waals surface area contributed by atoms with Crippen LogP contribution in [0.15, 0.2) is 0 Å². The maximum atomic E-state index is 9.18. The molecule has 0 amide bonds. The summed E-state index contributed by atoms with van der Waals surface area (Å²) in [4.78, 5) is 0. The van der Waals surface area contributed by atoms with Crippen LogP contribution in [0.1, 0.15) is 0 Å². The zero-order valence-corrected chi connectivity index (χ0v) is 6.43. The van der Waals surface area contributed by atoms with Crippen LogP contribution in [0.3, 0.4) is 0 Å². The lowest BCUT2D eigenvalue weighted by Gasteiger charge is -2.10. The van der Waals surface area contributed by atoms with Gasteiger partial charge in [0.25, 0.3) is 0 Å². The van der Waals surface area contributed by atoms with Crippen molar-refractivity contribution < 1.29 is 24.4 Å². The second-order valence-corrected chi connectivity index (χ2v) is 2.33. The molecule has 0 spiro atoms. The molecule has 1 saturated heterocycles. The van der Waals surface area contributed by atoms with Crippen LogP contribution >= 0.6 is 0 Å². The lowest BCUT2D eigenvalue weighted by molar-refractivity contribution is -0.205. The molecule has 0 saturated carbocycles. The number of ether oxygens (including phenoxy) is 3. The van der Waals surface area contributed by atoms with Crippen molar-refractivity contribution >= 4 is 0 Å². The molecule has 0 radical (unpaired) electrons. The second-order valence-electron chi connectivity index (χ2n) is 2.33. The van der Waals surface area contributed by atoms with Crippen LogP contribution in [0.5, 0.6) is 0 Å². The van der Waals surface area contributed by atoms with E-state index in [0.29, 0.717) is 0 Å². The fraction of sp³-hybridized carbons (Fsp3) is 1.00. The molecule has 0 bridgehead atoms. The third-order valence-corrected chi connectivity index (χ3v) is 1.64. The molecule has 0 aromatic heterocycles. The first-order chi connectivity index (χ1) is 5.20. The third kappa shape index (κ3) is 1.52. The predicted molar refractivity (Wildman–Crippen MR) is 34.7 cm³/mol. The van der Waals surface area contributed by atoms with Gasteiger partial charge in [0.05, 0.1) is 0 Å². The van der Waals surface area contributed by atoms with E-state index >= 15 is 0 Å². The number of methoxy groups -OCH3 is 2. The lowest BCUT2D eigenvalue weighted by atomic mass is 10.2. The first kappa shape index (κ1) is 8.89. The normalized spacial score (nSPS) is 44.7. The van der Waals surface area contributed by atoms with Gasteiger partial charge in [0.1, 0.15) is 12.2 Å². The van der Waals surface area contributed by atoms with Crippen molar-refractivity contribution in [3.63, 3.8) is 0 Å². The first-order valence-electron chi connectivity index (χ1n) is 3.28. The van der Waals surface area contributed by atoms with Gasteiger partial charge in [-0.15, -0.1) is 0 Å². The Labute approximate surface area is 64.5 Å². The van der Waals surface area contributed by atoms with Crippen molar-refractivity contribution in [1.29, 1.82) is 0 Å². The number of rotatable bonds is 2. The van der Waals surface area contributed by atoms with Crippen LogP contribution in [0.4, 0.5) is 0 Å². The standard InChI is InChI=1S/C6H12O5/c1-9-5-3(7)4(8)6(10-2)11-5/h3-8H,1-2H3/t3-,4+,5+,6-. The highest BCUT2D eigenvalue weighted by atomic mass is 16.8. The van der Waals surface area contributed by atoms with Crippen molar-refractivity contribution in [3.05, 3.63) is 0 Å². The van der Waals surface area contributed by atoms with Gasteiger partial charge in [0.2, 0.25) is 0 Å². The average Bonchev–Trinajstić information content (AvgIpc) is 2.30. The first-order valence-corrected chi connectivity index (χ1v) is 3.28. The monoisotopic (exact) mass is 164 g/mol. The minimum Gasteiger partial charge on any atom is -0.385 e. The Morgan fingerprint density at radius 1 is 1.00 bits per heavy atom. The van der Waals surface area contributed by atoms with Crippen molar-refractivity contribution in [3.8, 4) is 0 Å². The number of hydrogen-bond acceptors (Lipinski definition) is 5. The quantitative estimate of drug-likeness (QED) is 0.530. The van der Waals surface area contributed by atoms with Gasteiger partial charge in [-0.3, -0.25) is 0 Å². The lowest BCUT2D eigenvalue weighted by Crippen LogP contribution is -2.33. The van der Waals surface area contributed by atoms with Crippen LogP contribution in [-0.4, -0.2) is 49.2 Å². The van der Waals surface area contributed by atoms with Crippen molar-refractivity contribution in [2.45, 2.75) is 24.8 Å². The summed E-state index contributed by atoms with van der Waals surface area (Å²) in [6.45, 7) is 0. The van der Waals surface area contributed by atoms with E-state index in [9.17, 15) is 10.2 Å². The van der Waals surface area contributed by atoms with Gasteiger partial charge in [-0.05, 0) is 0 Å². The van der Waals surface area contributed by atoms with Gasteiger partial charge in [0.15, 0.2) is 12.6 Å². The van der Waals surface area contributed by atoms with Crippen molar-refractivity contribution in [2.24, 2.45) is 0 Å². The highest BCUT2D eigenvalue weighted by Crippen LogP contribution is 2.21. The number of hydrogen-bond donors (Lipinski definition) is 2. The van der Waals surface area contributed by atoms with E-state index in [1.807, 2.05) is 0 Å². The number of aliphatic hydroxyl groups excluding tert-OH is 2. The average molecular weight is 164 g/mol. The molecule has 0 unspecified atom stereocenters. The van der Waals surface area contributed by atoms with Crippen LogP contribution in [0.25, 0.3) is 0 Å². The SMILES string of the molecule is CO[C@@H]1O[C@H](OC)[C@H](O)[C@@H]1O. The minimum absolute atomic E-state index is 0.796. The molecule has 1 aliphatic rings. The van der Waals surface area contributed by atoms with Gasteiger partial charge in [-0.2, -0.15) is 0 Å². The highest BCUT2D eigenvalue weighted by Gasteiger charge is 2.43. The molecule has 0 aromatic carbocycles. The molecule has 5 nitrogen and oxygen atoms in total. The molecule has 0 aliphatic carbocycles. The van der Waals surface area contributed by atoms with Crippen molar-refractivity contribution in [1.82, 2.24) is 0 Å². The summed E-state index contributed by atoms with van der Waals surface area (Å²) in [5.74, 6) is 0. The summed E-state index contributed by atoms with van der Waals surface area (Å²) in [6.07, 6.45) is -3.67. The van der Waals surface area contributed by atoms with Crippen LogP contribution in [-0.2, 0) is 14.2 Å². The summed E-state index contributed by atoms with van der Waals surface area (Å²) in [5.41, 5.74) is 0. The molecular weight excluding hydrogens is 152 g/mol. The second kappa shape index (κ2) is 3.46. The summed E-state index contributed by atoms with van der Waals surface area (Å²) >= 11 is 0. The molecule has 1 aliphatic heterocycles. The van der Waals surface area contributed by atoms with E-state index in [4.69, 9.17) is 14.2 Å². The molecule has 4 atom stereocenters. The molecule has 66 valence electrons. The fourth-order valence-electron chi connectivity index (χ4n) is 1.01. The molecule has 1 rings (SSSR count). The Hall–Kier alpha value is -0.200. The summed E-state index contributed by atoms with van der Waals surface area (Å²) in [7, 11) is 2.78. The maximum Gasteiger partial charge on any atom is 0.189 e. The van der Waals surface area contributed by atoms with Crippen LogP contribution in [0.2, 0.25) is 0 Å². The van der Waals surface area contributed by atoms with E-state index in [1.165, 1.54) is 14.2 Å². The van der Waals surface area contributed by atoms with E-state index < -0.39 is 24.8 Å². The molecule has 1 heterocycles. The molecule has 5 heteroatoms. The Kier molecular flexibility index (Phi) is 2.80.